The first-order chi connectivity index (χ1) is 10.1. The van der Waals surface area contributed by atoms with Crippen molar-refractivity contribution < 1.29 is 9.53 Å². The van der Waals surface area contributed by atoms with Crippen LogP contribution in [0.1, 0.15) is 13.8 Å². The fourth-order valence-electron chi connectivity index (χ4n) is 1.98. The van der Waals surface area contributed by atoms with E-state index in [4.69, 9.17) is 17.0 Å². The summed E-state index contributed by atoms with van der Waals surface area (Å²) in [5, 5.41) is 0. The molecule has 6 heteroatoms. The lowest BCUT2D eigenvalue weighted by molar-refractivity contribution is -0.113. The SMILES string of the molecule is CCN(/C=C1\SC(=S)N(c2ccc(OC)cc2)C1=O)CC. The molecule has 112 valence electrons. The molecule has 0 unspecified atom stereocenters. The van der Waals surface area contributed by atoms with Crippen molar-refractivity contribution in [2.24, 2.45) is 0 Å². The third-order valence-corrected chi connectivity index (χ3v) is 4.53. The fraction of sp³-hybridized carbons (Fsp3) is 0.333. The van der Waals surface area contributed by atoms with Gasteiger partial charge in [-0.25, -0.2) is 0 Å². The van der Waals surface area contributed by atoms with Gasteiger partial charge in [-0.3, -0.25) is 9.69 Å². The maximum absolute atomic E-state index is 12.5. The number of benzene rings is 1. The molecule has 1 saturated heterocycles. The van der Waals surface area contributed by atoms with Gasteiger partial charge in [0.1, 0.15) is 5.75 Å². The van der Waals surface area contributed by atoms with E-state index in [0.717, 1.165) is 24.5 Å². The normalized spacial score (nSPS) is 16.7. The summed E-state index contributed by atoms with van der Waals surface area (Å²) in [6.45, 7) is 5.85. The van der Waals surface area contributed by atoms with E-state index >= 15 is 0 Å². The van der Waals surface area contributed by atoms with Crippen molar-refractivity contribution in [3.63, 3.8) is 0 Å². The number of methoxy groups -OCH3 is 1. The minimum absolute atomic E-state index is 0.0675. The average molecular weight is 322 g/mol. The Morgan fingerprint density at radius 2 is 1.90 bits per heavy atom. The zero-order chi connectivity index (χ0) is 15.4. The maximum Gasteiger partial charge on any atom is 0.272 e. The second kappa shape index (κ2) is 6.95. The van der Waals surface area contributed by atoms with Crippen molar-refractivity contribution in [1.82, 2.24) is 4.90 Å². The van der Waals surface area contributed by atoms with E-state index in [1.165, 1.54) is 11.8 Å². The zero-order valence-electron chi connectivity index (χ0n) is 12.3. The van der Waals surface area contributed by atoms with Crippen molar-refractivity contribution in [3.05, 3.63) is 35.4 Å². The van der Waals surface area contributed by atoms with Crippen LogP contribution in [0.3, 0.4) is 0 Å². The second-order valence-electron chi connectivity index (χ2n) is 4.42. The number of ether oxygens (including phenoxy) is 1. The van der Waals surface area contributed by atoms with E-state index in [9.17, 15) is 4.79 Å². The van der Waals surface area contributed by atoms with Crippen LogP contribution in [0, 0.1) is 0 Å². The number of amides is 1. The fourth-order valence-corrected chi connectivity index (χ4v) is 3.29. The molecule has 1 aliphatic rings. The summed E-state index contributed by atoms with van der Waals surface area (Å²) >= 11 is 6.68. The van der Waals surface area contributed by atoms with Crippen molar-refractivity contribution in [3.8, 4) is 5.75 Å². The maximum atomic E-state index is 12.5. The lowest BCUT2D eigenvalue weighted by Crippen LogP contribution is -2.28. The molecule has 0 bridgehead atoms. The van der Waals surface area contributed by atoms with E-state index in [1.54, 1.807) is 12.0 Å². The zero-order valence-corrected chi connectivity index (χ0v) is 14.0. The van der Waals surface area contributed by atoms with Crippen LogP contribution in [-0.2, 0) is 4.79 Å². The van der Waals surface area contributed by atoms with Crippen LogP contribution < -0.4 is 9.64 Å². The van der Waals surface area contributed by atoms with Crippen LogP contribution in [0.25, 0.3) is 0 Å². The van der Waals surface area contributed by atoms with E-state index in [1.807, 2.05) is 30.5 Å². The third kappa shape index (κ3) is 3.39. The number of rotatable bonds is 5. The molecule has 0 aliphatic carbocycles. The Bertz CT molecular complexity index is 566. The first-order valence-corrected chi connectivity index (χ1v) is 7.99. The van der Waals surface area contributed by atoms with Gasteiger partial charge in [-0.15, -0.1) is 0 Å². The van der Waals surface area contributed by atoms with E-state index in [2.05, 4.69) is 18.7 Å². The van der Waals surface area contributed by atoms with Crippen molar-refractivity contribution in [1.29, 1.82) is 0 Å². The molecule has 0 atom stereocenters. The molecule has 4 nitrogen and oxygen atoms in total. The average Bonchev–Trinajstić information content (AvgIpc) is 2.79. The molecule has 21 heavy (non-hydrogen) atoms. The number of thioether (sulfide) groups is 1. The molecule has 0 spiro atoms. The number of carbonyl (C=O) groups excluding carboxylic acids is 1. The monoisotopic (exact) mass is 322 g/mol. The first kappa shape index (κ1) is 15.9. The van der Waals surface area contributed by atoms with Crippen LogP contribution in [-0.4, -0.2) is 35.3 Å². The van der Waals surface area contributed by atoms with Gasteiger partial charge in [-0.2, -0.15) is 0 Å². The van der Waals surface area contributed by atoms with Crippen LogP contribution in [0.2, 0.25) is 0 Å². The Labute approximate surface area is 134 Å². The highest BCUT2D eigenvalue weighted by molar-refractivity contribution is 8.27. The smallest absolute Gasteiger partial charge is 0.272 e. The van der Waals surface area contributed by atoms with E-state index in [-0.39, 0.29) is 5.91 Å². The van der Waals surface area contributed by atoms with E-state index < -0.39 is 0 Å². The largest absolute Gasteiger partial charge is 0.497 e. The lowest BCUT2D eigenvalue weighted by Gasteiger charge is -2.16. The van der Waals surface area contributed by atoms with Gasteiger partial charge < -0.3 is 9.64 Å². The Morgan fingerprint density at radius 3 is 2.43 bits per heavy atom. The lowest BCUT2D eigenvalue weighted by atomic mass is 10.2. The summed E-state index contributed by atoms with van der Waals surface area (Å²) in [6.07, 6.45) is 1.89. The molecule has 1 aliphatic heterocycles. The molecule has 0 saturated carbocycles. The summed E-state index contributed by atoms with van der Waals surface area (Å²) in [5.74, 6) is 0.685. The van der Waals surface area contributed by atoms with Crippen LogP contribution in [0.15, 0.2) is 35.4 Å². The van der Waals surface area contributed by atoms with Gasteiger partial charge in [0.05, 0.1) is 17.7 Å². The minimum Gasteiger partial charge on any atom is -0.497 e. The standard InChI is InChI=1S/C15H18N2O2S2/c1-4-16(5-2)10-13-14(18)17(15(20)21-13)11-6-8-12(19-3)9-7-11/h6-10H,4-5H2,1-3H3/b13-10-. The summed E-state index contributed by atoms with van der Waals surface area (Å²) < 4.78 is 5.69. The molecule has 0 N–H and O–H groups in total. The summed E-state index contributed by atoms with van der Waals surface area (Å²) in [6, 6.07) is 7.32. The summed E-state index contributed by atoms with van der Waals surface area (Å²) in [5.41, 5.74) is 0.765. The van der Waals surface area contributed by atoms with Crippen molar-refractivity contribution in [2.45, 2.75) is 13.8 Å². The van der Waals surface area contributed by atoms with Gasteiger partial charge in [0.2, 0.25) is 0 Å². The van der Waals surface area contributed by atoms with Crippen molar-refractivity contribution >= 4 is 39.9 Å². The van der Waals surface area contributed by atoms with Gasteiger partial charge >= 0.3 is 0 Å². The molecule has 1 heterocycles. The minimum atomic E-state index is -0.0675. The summed E-state index contributed by atoms with van der Waals surface area (Å²) in [4.78, 5) is 16.8. The van der Waals surface area contributed by atoms with Crippen LogP contribution in [0.5, 0.6) is 5.75 Å². The molecule has 1 fully saturated rings. The Morgan fingerprint density at radius 1 is 1.29 bits per heavy atom. The molecule has 0 radical (unpaired) electrons. The first-order valence-electron chi connectivity index (χ1n) is 6.76. The molecule has 1 amide bonds. The molecular formula is C15H18N2O2S2. The molecule has 1 aromatic carbocycles. The van der Waals surface area contributed by atoms with Crippen LogP contribution in [0.4, 0.5) is 5.69 Å². The molecule has 1 aromatic rings. The Balaban J connectivity index is 2.25. The Hall–Kier alpha value is -1.53. The van der Waals surface area contributed by atoms with Gasteiger partial charge in [0.15, 0.2) is 4.32 Å². The second-order valence-corrected chi connectivity index (χ2v) is 6.10. The highest BCUT2D eigenvalue weighted by Crippen LogP contribution is 2.35. The number of hydrogen-bond acceptors (Lipinski definition) is 5. The molecular weight excluding hydrogens is 304 g/mol. The topological polar surface area (TPSA) is 32.8 Å². The number of anilines is 1. The number of thiocarbonyl (C=S) groups is 1. The highest BCUT2D eigenvalue weighted by atomic mass is 32.2. The van der Waals surface area contributed by atoms with Gasteiger partial charge in [-0.1, -0.05) is 24.0 Å². The predicted octanol–water partition coefficient (Wildman–Crippen LogP) is 3.24. The van der Waals surface area contributed by atoms with Gasteiger partial charge in [0, 0.05) is 19.3 Å². The number of carbonyl (C=O) groups is 1. The van der Waals surface area contributed by atoms with Crippen molar-refractivity contribution in [2.75, 3.05) is 25.1 Å². The molecule has 0 aromatic heterocycles. The van der Waals surface area contributed by atoms with Gasteiger partial charge in [-0.05, 0) is 38.1 Å². The molecule has 2 rings (SSSR count). The predicted molar refractivity (Wildman–Crippen MR) is 91.7 cm³/mol. The number of hydrogen-bond donors (Lipinski definition) is 0. The van der Waals surface area contributed by atoms with Gasteiger partial charge in [0.25, 0.3) is 5.91 Å². The third-order valence-electron chi connectivity index (χ3n) is 3.24. The summed E-state index contributed by atoms with van der Waals surface area (Å²) in [7, 11) is 1.61. The van der Waals surface area contributed by atoms with E-state index in [0.29, 0.717) is 9.23 Å². The number of nitrogens with zero attached hydrogens (tertiary/aromatic N) is 2. The quantitative estimate of drug-likeness (QED) is 0.614. The highest BCUT2D eigenvalue weighted by Gasteiger charge is 2.33. The Kier molecular flexibility index (Phi) is 5.25. The van der Waals surface area contributed by atoms with Crippen LogP contribution >= 0.6 is 24.0 Å².